The van der Waals surface area contributed by atoms with Crippen LogP contribution in [0, 0.1) is 6.92 Å². The monoisotopic (exact) mass is 423 g/mol. The van der Waals surface area contributed by atoms with Crippen molar-refractivity contribution in [2.24, 2.45) is 17.2 Å². The van der Waals surface area contributed by atoms with E-state index >= 15 is 0 Å². The van der Waals surface area contributed by atoms with E-state index in [4.69, 9.17) is 9.88 Å². The molecule has 2 heterocycles. The number of sulfonamides is 1. The van der Waals surface area contributed by atoms with Gasteiger partial charge >= 0.3 is 0 Å². The molecule has 150 valence electrons. The number of ether oxygens (including phenoxy) is 1. The second kappa shape index (κ2) is 7.95. The number of hydrogen-bond acceptors (Lipinski definition) is 6. The van der Waals surface area contributed by atoms with Crippen molar-refractivity contribution in [3.63, 3.8) is 0 Å². The summed E-state index contributed by atoms with van der Waals surface area (Å²) in [6.07, 6.45) is 0. The molecular weight excluding hydrogens is 402 g/mol. The number of thiazole rings is 1. The summed E-state index contributed by atoms with van der Waals surface area (Å²) < 4.78 is 32.8. The highest BCUT2D eigenvalue weighted by Gasteiger charge is 2.15. The van der Waals surface area contributed by atoms with Crippen LogP contribution in [0.3, 0.4) is 0 Å². The third-order valence-corrected chi connectivity index (χ3v) is 6.13. The Morgan fingerprint density at radius 3 is 2.71 bits per heavy atom. The van der Waals surface area contributed by atoms with Crippen molar-refractivity contribution in [2.75, 3.05) is 13.2 Å². The van der Waals surface area contributed by atoms with Crippen LogP contribution in [0.5, 0.6) is 0 Å². The van der Waals surface area contributed by atoms with Crippen LogP contribution in [0.25, 0.3) is 10.2 Å². The molecule has 0 aliphatic rings. The zero-order valence-electron chi connectivity index (χ0n) is 15.7. The number of carbonyl (C=O) groups excluding carboxylic acids is 1. The standard InChI is InChI=1S/C17H21N5O4S2/c1-4-26-8-7-22-14-6-5-12(28(18,24)25)10-15(14)27-17(22)19-16(23)13-9-11(2)21(3)20-13/h5-6,9-10H,4,7-8H2,1-3H3,(H2,18,24,25). The fourth-order valence-electron chi connectivity index (χ4n) is 2.64. The van der Waals surface area contributed by atoms with Gasteiger partial charge in [0, 0.05) is 25.9 Å². The Morgan fingerprint density at radius 2 is 2.11 bits per heavy atom. The summed E-state index contributed by atoms with van der Waals surface area (Å²) in [5, 5.41) is 9.39. The van der Waals surface area contributed by atoms with E-state index < -0.39 is 15.9 Å². The first-order valence-electron chi connectivity index (χ1n) is 8.54. The molecule has 0 unspecified atom stereocenters. The lowest BCUT2D eigenvalue weighted by molar-refractivity contribution is 0.0991. The first-order valence-corrected chi connectivity index (χ1v) is 10.9. The number of fused-ring (bicyclic) bond motifs is 1. The smallest absolute Gasteiger partial charge is 0.300 e. The molecule has 0 aliphatic heterocycles. The molecule has 0 bridgehead atoms. The lowest BCUT2D eigenvalue weighted by Gasteiger charge is -2.05. The van der Waals surface area contributed by atoms with Crippen molar-refractivity contribution in [2.45, 2.75) is 25.3 Å². The maximum Gasteiger partial charge on any atom is 0.300 e. The largest absolute Gasteiger partial charge is 0.380 e. The average Bonchev–Trinajstić information content (AvgIpc) is 3.14. The number of primary sulfonamides is 1. The number of aryl methyl sites for hydroxylation is 2. The van der Waals surface area contributed by atoms with Crippen LogP contribution in [-0.2, 0) is 28.4 Å². The fraction of sp³-hybridized carbons (Fsp3) is 0.353. The molecule has 3 rings (SSSR count). The van der Waals surface area contributed by atoms with Gasteiger partial charge in [-0.3, -0.25) is 9.48 Å². The van der Waals surface area contributed by atoms with Crippen LogP contribution in [0.1, 0.15) is 23.1 Å². The highest BCUT2D eigenvalue weighted by Crippen LogP contribution is 2.21. The molecule has 2 aromatic heterocycles. The van der Waals surface area contributed by atoms with Gasteiger partial charge in [-0.1, -0.05) is 11.3 Å². The summed E-state index contributed by atoms with van der Waals surface area (Å²) in [6, 6.07) is 6.25. The van der Waals surface area contributed by atoms with Gasteiger partial charge in [-0.2, -0.15) is 10.1 Å². The first kappa shape index (κ1) is 20.4. The number of aromatic nitrogens is 3. The summed E-state index contributed by atoms with van der Waals surface area (Å²) in [5.41, 5.74) is 1.84. The minimum absolute atomic E-state index is 0.0106. The SMILES string of the molecule is CCOCCn1c(=NC(=O)c2cc(C)n(C)n2)sc2cc(S(N)(=O)=O)ccc21. The van der Waals surface area contributed by atoms with E-state index in [2.05, 4.69) is 10.1 Å². The maximum atomic E-state index is 12.6. The summed E-state index contributed by atoms with van der Waals surface area (Å²) in [7, 11) is -2.07. The Kier molecular flexibility index (Phi) is 5.79. The van der Waals surface area contributed by atoms with Crippen LogP contribution in [0.2, 0.25) is 0 Å². The Morgan fingerprint density at radius 1 is 1.36 bits per heavy atom. The zero-order chi connectivity index (χ0) is 20.5. The number of amides is 1. The van der Waals surface area contributed by atoms with Gasteiger partial charge in [0.25, 0.3) is 5.91 Å². The molecule has 0 aliphatic carbocycles. The molecule has 0 fully saturated rings. The maximum absolute atomic E-state index is 12.6. The summed E-state index contributed by atoms with van der Waals surface area (Å²) in [5.74, 6) is -0.466. The van der Waals surface area contributed by atoms with E-state index in [0.29, 0.717) is 29.3 Å². The molecule has 11 heteroatoms. The molecule has 9 nitrogen and oxygen atoms in total. The van der Waals surface area contributed by atoms with E-state index in [1.807, 2.05) is 18.4 Å². The predicted octanol–water partition coefficient (Wildman–Crippen LogP) is 1.17. The van der Waals surface area contributed by atoms with Crippen molar-refractivity contribution in [1.82, 2.24) is 14.3 Å². The van der Waals surface area contributed by atoms with Crippen molar-refractivity contribution >= 4 is 37.5 Å². The molecule has 1 aromatic carbocycles. The van der Waals surface area contributed by atoms with Crippen LogP contribution in [0.4, 0.5) is 0 Å². The second-order valence-corrected chi connectivity index (χ2v) is 8.69. The molecule has 2 N–H and O–H groups in total. The minimum Gasteiger partial charge on any atom is -0.380 e. The molecule has 1 amide bonds. The van der Waals surface area contributed by atoms with Crippen molar-refractivity contribution in [3.8, 4) is 0 Å². The molecule has 0 spiro atoms. The van der Waals surface area contributed by atoms with Gasteiger partial charge < -0.3 is 9.30 Å². The van der Waals surface area contributed by atoms with E-state index in [1.165, 1.54) is 23.5 Å². The number of benzene rings is 1. The number of carbonyl (C=O) groups is 1. The van der Waals surface area contributed by atoms with E-state index in [1.54, 1.807) is 23.9 Å². The number of rotatable bonds is 6. The van der Waals surface area contributed by atoms with Crippen LogP contribution >= 0.6 is 11.3 Å². The van der Waals surface area contributed by atoms with Gasteiger partial charge in [-0.05, 0) is 38.1 Å². The Bertz CT molecular complexity index is 1180. The fourth-order valence-corrected chi connectivity index (χ4v) is 4.35. The van der Waals surface area contributed by atoms with Crippen molar-refractivity contribution in [1.29, 1.82) is 0 Å². The van der Waals surface area contributed by atoms with Gasteiger partial charge in [0.2, 0.25) is 10.0 Å². The topological polar surface area (TPSA) is 122 Å². The average molecular weight is 424 g/mol. The zero-order valence-corrected chi connectivity index (χ0v) is 17.4. The normalized spacial score (nSPS) is 12.8. The summed E-state index contributed by atoms with van der Waals surface area (Å²) >= 11 is 1.21. The van der Waals surface area contributed by atoms with Gasteiger partial charge in [0.15, 0.2) is 10.5 Å². The van der Waals surface area contributed by atoms with Crippen LogP contribution < -0.4 is 9.94 Å². The molecule has 0 saturated carbocycles. The van der Waals surface area contributed by atoms with E-state index in [-0.39, 0.29) is 10.6 Å². The Labute approximate surface area is 166 Å². The number of nitrogens with two attached hydrogens (primary N) is 1. The molecule has 0 radical (unpaired) electrons. The van der Waals surface area contributed by atoms with Crippen LogP contribution in [-0.4, -0.2) is 41.9 Å². The summed E-state index contributed by atoms with van der Waals surface area (Å²) in [6.45, 7) is 5.21. The lowest BCUT2D eigenvalue weighted by atomic mass is 10.3. The van der Waals surface area contributed by atoms with Gasteiger partial charge in [-0.25, -0.2) is 13.6 Å². The Hall–Kier alpha value is -2.34. The van der Waals surface area contributed by atoms with Crippen molar-refractivity contribution in [3.05, 3.63) is 40.5 Å². The van der Waals surface area contributed by atoms with E-state index in [0.717, 1.165) is 11.2 Å². The van der Waals surface area contributed by atoms with Crippen molar-refractivity contribution < 1.29 is 17.9 Å². The number of nitrogens with zero attached hydrogens (tertiary/aromatic N) is 4. The van der Waals surface area contributed by atoms with Gasteiger partial charge in [0.05, 0.1) is 21.7 Å². The molecule has 0 saturated heterocycles. The summed E-state index contributed by atoms with van der Waals surface area (Å²) in [4.78, 5) is 17.2. The van der Waals surface area contributed by atoms with Gasteiger partial charge in [0.1, 0.15) is 0 Å². The quantitative estimate of drug-likeness (QED) is 0.597. The second-order valence-electron chi connectivity index (χ2n) is 6.12. The van der Waals surface area contributed by atoms with E-state index in [9.17, 15) is 13.2 Å². The number of hydrogen-bond donors (Lipinski definition) is 1. The highest BCUT2D eigenvalue weighted by molar-refractivity contribution is 7.89. The minimum atomic E-state index is -3.82. The first-order chi connectivity index (χ1) is 13.2. The van der Waals surface area contributed by atoms with Gasteiger partial charge in [-0.15, -0.1) is 0 Å². The highest BCUT2D eigenvalue weighted by atomic mass is 32.2. The third-order valence-electron chi connectivity index (χ3n) is 4.18. The van der Waals surface area contributed by atoms with Crippen LogP contribution in [0.15, 0.2) is 34.2 Å². The Balaban J connectivity index is 2.12. The third kappa shape index (κ3) is 4.22. The lowest BCUT2D eigenvalue weighted by Crippen LogP contribution is -2.20. The molecule has 3 aromatic rings. The molecule has 28 heavy (non-hydrogen) atoms. The predicted molar refractivity (Wildman–Crippen MR) is 106 cm³/mol. The molecule has 0 atom stereocenters. The molecular formula is C17H21N5O4S2.